The van der Waals surface area contributed by atoms with Gasteiger partial charge < -0.3 is 15.8 Å². The zero-order valence-corrected chi connectivity index (χ0v) is 10.6. The molecule has 0 aromatic carbocycles. The first-order chi connectivity index (χ1) is 8.20. The zero-order valence-electron chi connectivity index (χ0n) is 10.6. The lowest BCUT2D eigenvalue weighted by Gasteiger charge is -2.25. The first kappa shape index (κ1) is 13.8. The number of amides is 1. The Labute approximate surface area is 103 Å². The molecule has 0 radical (unpaired) electrons. The van der Waals surface area contributed by atoms with Crippen molar-refractivity contribution in [3.05, 3.63) is 0 Å². The third kappa shape index (κ3) is 3.91. The van der Waals surface area contributed by atoms with Gasteiger partial charge in [-0.1, -0.05) is 31.3 Å². The molecule has 1 amide bonds. The average molecular weight is 241 g/mol. The second-order valence-electron chi connectivity index (χ2n) is 4.61. The lowest BCUT2D eigenvalue weighted by atomic mass is 10.0. The number of nitrogens with zero attached hydrogens (tertiary/aromatic N) is 2. The van der Waals surface area contributed by atoms with Crippen molar-refractivity contribution < 1.29 is 10.0 Å². The van der Waals surface area contributed by atoms with Crippen LogP contribution in [0, 0.1) is 5.92 Å². The minimum Gasteiger partial charge on any atom is -0.409 e. The highest BCUT2D eigenvalue weighted by Gasteiger charge is 2.27. The third-order valence-electron chi connectivity index (χ3n) is 3.27. The normalized spacial score (nSPS) is 19.8. The molecule has 17 heavy (non-hydrogen) atoms. The zero-order chi connectivity index (χ0) is 12.7. The monoisotopic (exact) mass is 241 g/mol. The van der Waals surface area contributed by atoms with Crippen molar-refractivity contribution in [1.29, 1.82) is 0 Å². The van der Waals surface area contributed by atoms with Gasteiger partial charge in [0.2, 0.25) is 5.91 Å². The summed E-state index contributed by atoms with van der Waals surface area (Å²) in [5, 5.41) is 11.7. The van der Waals surface area contributed by atoms with E-state index in [1.807, 2.05) is 11.8 Å². The van der Waals surface area contributed by atoms with Gasteiger partial charge in [-0.3, -0.25) is 4.79 Å². The lowest BCUT2D eigenvalue weighted by molar-refractivity contribution is -0.133. The van der Waals surface area contributed by atoms with Crippen LogP contribution in [0.2, 0.25) is 0 Å². The van der Waals surface area contributed by atoms with Crippen LogP contribution in [0.15, 0.2) is 5.16 Å². The van der Waals surface area contributed by atoms with Gasteiger partial charge >= 0.3 is 0 Å². The van der Waals surface area contributed by atoms with E-state index >= 15 is 0 Å². The molecule has 1 atom stereocenters. The lowest BCUT2D eigenvalue weighted by Crippen LogP contribution is -2.42. The summed E-state index contributed by atoms with van der Waals surface area (Å²) in [4.78, 5) is 14.2. The fraction of sp³-hybridized carbons (Fsp3) is 0.833. The SMILES string of the molecule is CCCC(C(=O)N1CCCCCC1)C(N)=NO. The van der Waals surface area contributed by atoms with Crippen LogP contribution < -0.4 is 5.73 Å². The molecule has 0 aromatic heterocycles. The molecule has 1 heterocycles. The molecule has 1 unspecified atom stereocenters. The summed E-state index contributed by atoms with van der Waals surface area (Å²) in [6, 6.07) is 0. The number of nitrogens with two attached hydrogens (primary N) is 1. The average Bonchev–Trinajstić information content (AvgIpc) is 2.63. The van der Waals surface area contributed by atoms with Crippen molar-refractivity contribution in [3.8, 4) is 0 Å². The van der Waals surface area contributed by atoms with Crippen molar-refractivity contribution in [1.82, 2.24) is 4.90 Å². The van der Waals surface area contributed by atoms with Crippen LogP contribution in [0.4, 0.5) is 0 Å². The first-order valence-electron chi connectivity index (χ1n) is 6.47. The molecular formula is C12H23N3O2. The van der Waals surface area contributed by atoms with Gasteiger partial charge in [-0.25, -0.2) is 0 Å². The van der Waals surface area contributed by atoms with E-state index in [4.69, 9.17) is 10.9 Å². The molecule has 1 rings (SSSR count). The summed E-state index contributed by atoms with van der Waals surface area (Å²) in [5.41, 5.74) is 5.60. The van der Waals surface area contributed by atoms with E-state index in [0.29, 0.717) is 6.42 Å². The fourth-order valence-corrected chi connectivity index (χ4v) is 2.27. The molecule has 3 N–H and O–H groups in total. The first-order valence-corrected chi connectivity index (χ1v) is 6.47. The van der Waals surface area contributed by atoms with Gasteiger partial charge in [0.05, 0.1) is 5.92 Å². The molecule has 1 aliphatic rings. The second kappa shape index (κ2) is 7.14. The highest BCUT2D eigenvalue weighted by atomic mass is 16.4. The number of carbonyl (C=O) groups is 1. The van der Waals surface area contributed by atoms with Crippen molar-refractivity contribution in [2.45, 2.75) is 45.4 Å². The Kier molecular flexibility index (Phi) is 5.80. The summed E-state index contributed by atoms with van der Waals surface area (Å²) in [5.74, 6) is -0.395. The Balaban J connectivity index is 2.68. The number of oxime groups is 1. The predicted octanol–water partition coefficient (Wildman–Crippen LogP) is 1.55. The van der Waals surface area contributed by atoms with Gasteiger partial charge in [0, 0.05) is 13.1 Å². The van der Waals surface area contributed by atoms with Crippen LogP contribution in [0.1, 0.15) is 45.4 Å². The van der Waals surface area contributed by atoms with Crippen LogP contribution in [0.5, 0.6) is 0 Å². The number of hydrogen-bond acceptors (Lipinski definition) is 3. The molecular weight excluding hydrogens is 218 g/mol. The Morgan fingerprint density at radius 3 is 2.41 bits per heavy atom. The van der Waals surface area contributed by atoms with Crippen molar-refractivity contribution in [2.24, 2.45) is 16.8 Å². The summed E-state index contributed by atoms with van der Waals surface area (Å²) in [6.45, 7) is 3.60. The summed E-state index contributed by atoms with van der Waals surface area (Å²) in [6.07, 6.45) is 5.98. The van der Waals surface area contributed by atoms with E-state index < -0.39 is 5.92 Å². The van der Waals surface area contributed by atoms with Crippen LogP contribution in [-0.2, 0) is 4.79 Å². The number of hydrogen-bond donors (Lipinski definition) is 2. The maximum atomic E-state index is 12.3. The molecule has 0 aromatic rings. The van der Waals surface area contributed by atoms with Crippen LogP contribution >= 0.6 is 0 Å². The summed E-state index contributed by atoms with van der Waals surface area (Å²) in [7, 11) is 0. The van der Waals surface area contributed by atoms with E-state index in [0.717, 1.165) is 32.4 Å². The smallest absolute Gasteiger partial charge is 0.233 e. The van der Waals surface area contributed by atoms with E-state index in [-0.39, 0.29) is 11.7 Å². The Bertz CT molecular complexity index is 271. The maximum Gasteiger partial charge on any atom is 0.233 e. The Morgan fingerprint density at radius 2 is 1.94 bits per heavy atom. The molecule has 0 spiro atoms. The number of carbonyl (C=O) groups excluding carboxylic acids is 1. The number of amidine groups is 1. The fourth-order valence-electron chi connectivity index (χ4n) is 2.27. The predicted molar refractivity (Wildman–Crippen MR) is 66.9 cm³/mol. The van der Waals surface area contributed by atoms with Crippen LogP contribution in [0.3, 0.4) is 0 Å². The van der Waals surface area contributed by atoms with Crippen molar-refractivity contribution in [2.75, 3.05) is 13.1 Å². The van der Waals surface area contributed by atoms with E-state index in [2.05, 4.69) is 5.16 Å². The standard InChI is InChI=1S/C12H23N3O2/c1-2-7-10(11(13)14-17)12(16)15-8-5-3-4-6-9-15/h10,17H,2-9H2,1H3,(H2,13,14). The molecule has 1 fully saturated rings. The maximum absolute atomic E-state index is 12.3. The van der Waals surface area contributed by atoms with Gasteiger partial charge in [-0.2, -0.15) is 0 Å². The quantitative estimate of drug-likeness (QED) is 0.339. The minimum atomic E-state index is -0.455. The summed E-state index contributed by atoms with van der Waals surface area (Å²) >= 11 is 0. The van der Waals surface area contributed by atoms with E-state index in [9.17, 15) is 4.79 Å². The number of likely N-dealkylation sites (tertiary alicyclic amines) is 1. The molecule has 0 saturated carbocycles. The molecule has 5 nitrogen and oxygen atoms in total. The van der Waals surface area contributed by atoms with Gasteiger partial charge in [-0.15, -0.1) is 0 Å². The van der Waals surface area contributed by atoms with Gasteiger partial charge in [-0.05, 0) is 19.3 Å². The molecule has 98 valence electrons. The molecule has 0 bridgehead atoms. The van der Waals surface area contributed by atoms with Crippen molar-refractivity contribution >= 4 is 11.7 Å². The van der Waals surface area contributed by atoms with Gasteiger partial charge in [0.1, 0.15) is 0 Å². The van der Waals surface area contributed by atoms with Crippen LogP contribution in [0.25, 0.3) is 0 Å². The third-order valence-corrected chi connectivity index (χ3v) is 3.27. The molecule has 5 heteroatoms. The number of rotatable bonds is 4. The molecule has 0 aliphatic carbocycles. The highest BCUT2D eigenvalue weighted by Crippen LogP contribution is 2.16. The molecule has 1 aliphatic heterocycles. The topological polar surface area (TPSA) is 78.9 Å². The second-order valence-corrected chi connectivity index (χ2v) is 4.61. The van der Waals surface area contributed by atoms with Gasteiger partial charge in [0.15, 0.2) is 5.84 Å². The Hall–Kier alpha value is -1.26. The van der Waals surface area contributed by atoms with Crippen LogP contribution in [-0.4, -0.2) is 34.9 Å². The summed E-state index contributed by atoms with van der Waals surface area (Å²) < 4.78 is 0. The molecule has 1 saturated heterocycles. The van der Waals surface area contributed by atoms with E-state index in [1.54, 1.807) is 0 Å². The minimum absolute atomic E-state index is 0.0176. The van der Waals surface area contributed by atoms with E-state index in [1.165, 1.54) is 12.8 Å². The Morgan fingerprint density at radius 1 is 1.35 bits per heavy atom. The highest BCUT2D eigenvalue weighted by molar-refractivity contribution is 6.02. The van der Waals surface area contributed by atoms with Gasteiger partial charge in [0.25, 0.3) is 0 Å². The largest absolute Gasteiger partial charge is 0.409 e. The van der Waals surface area contributed by atoms with Crippen molar-refractivity contribution in [3.63, 3.8) is 0 Å².